The van der Waals surface area contributed by atoms with Crippen LogP contribution in [0.4, 0.5) is 0 Å². The molecule has 2 N–H and O–H groups in total. The summed E-state index contributed by atoms with van der Waals surface area (Å²) in [4.78, 5) is 4.27. The van der Waals surface area contributed by atoms with E-state index in [0.29, 0.717) is 19.8 Å². The van der Waals surface area contributed by atoms with Gasteiger partial charge in [0.15, 0.2) is 23.1 Å². The van der Waals surface area contributed by atoms with Gasteiger partial charge in [-0.3, -0.25) is 0 Å². The van der Waals surface area contributed by atoms with Crippen molar-refractivity contribution in [3.63, 3.8) is 0 Å². The van der Waals surface area contributed by atoms with Gasteiger partial charge in [0.05, 0.1) is 19.4 Å². The van der Waals surface area contributed by atoms with E-state index in [4.69, 9.17) is 19.6 Å². The van der Waals surface area contributed by atoms with Gasteiger partial charge < -0.3 is 19.6 Å². The Labute approximate surface area is 117 Å². The second-order valence-electron chi connectivity index (χ2n) is 4.72. The molecule has 1 aromatic heterocycles. The molecule has 0 aliphatic carbocycles. The fourth-order valence-corrected chi connectivity index (χ4v) is 2.13. The molecule has 2 heterocycles. The molecule has 0 saturated carbocycles. The zero-order valence-corrected chi connectivity index (χ0v) is 11.3. The Hall–Kier alpha value is -2.01. The molecule has 0 amide bonds. The number of benzene rings is 1. The Bertz CT molecular complexity index is 580. The molecule has 3 rings (SSSR count). The van der Waals surface area contributed by atoms with Crippen molar-refractivity contribution < 1.29 is 13.9 Å². The van der Waals surface area contributed by atoms with Crippen LogP contribution < -0.4 is 15.2 Å². The Morgan fingerprint density at radius 2 is 2.00 bits per heavy atom. The first-order chi connectivity index (χ1) is 9.86. The largest absolute Gasteiger partial charge is 0.490 e. The molecular formula is C15H18N2O3. The summed E-state index contributed by atoms with van der Waals surface area (Å²) >= 11 is 0. The normalized spacial score (nSPS) is 14.1. The van der Waals surface area contributed by atoms with Gasteiger partial charge in [-0.25, -0.2) is 4.98 Å². The molecule has 1 aliphatic rings. The Morgan fingerprint density at radius 1 is 1.15 bits per heavy atom. The number of nitrogens with two attached hydrogens (primary N) is 1. The van der Waals surface area contributed by atoms with Crippen LogP contribution >= 0.6 is 0 Å². The van der Waals surface area contributed by atoms with E-state index in [-0.39, 0.29) is 0 Å². The van der Waals surface area contributed by atoms with Gasteiger partial charge in [-0.15, -0.1) is 0 Å². The zero-order valence-electron chi connectivity index (χ0n) is 11.3. The second kappa shape index (κ2) is 5.96. The summed E-state index contributed by atoms with van der Waals surface area (Å²) in [6.45, 7) is 2.01. The van der Waals surface area contributed by atoms with Crippen LogP contribution in [0.3, 0.4) is 0 Å². The average Bonchev–Trinajstić information content (AvgIpc) is 2.82. The fraction of sp³-hybridized carbons (Fsp3) is 0.400. The molecule has 0 bridgehead atoms. The third kappa shape index (κ3) is 2.77. The second-order valence-corrected chi connectivity index (χ2v) is 4.72. The number of aromatic nitrogens is 1. The topological polar surface area (TPSA) is 70.5 Å². The van der Waals surface area contributed by atoms with Crippen molar-refractivity contribution >= 4 is 0 Å². The van der Waals surface area contributed by atoms with Crippen LogP contribution in [0, 0.1) is 0 Å². The van der Waals surface area contributed by atoms with Crippen LogP contribution in [0.1, 0.15) is 18.7 Å². The SMILES string of the molecule is NCCCc1ncc(-c2ccc3c(c2)OCCCO3)o1. The Morgan fingerprint density at radius 3 is 2.85 bits per heavy atom. The summed E-state index contributed by atoms with van der Waals surface area (Å²) in [6, 6.07) is 5.81. The van der Waals surface area contributed by atoms with Gasteiger partial charge in [0, 0.05) is 18.4 Å². The van der Waals surface area contributed by atoms with Gasteiger partial charge in [0.25, 0.3) is 0 Å². The third-order valence-electron chi connectivity index (χ3n) is 3.18. The van der Waals surface area contributed by atoms with E-state index in [9.17, 15) is 0 Å². The number of ether oxygens (including phenoxy) is 2. The summed E-state index contributed by atoms with van der Waals surface area (Å²) in [5.41, 5.74) is 6.43. The molecule has 0 saturated heterocycles. The lowest BCUT2D eigenvalue weighted by molar-refractivity contribution is 0.297. The minimum atomic E-state index is 0.641. The van der Waals surface area contributed by atoms with Crippen LogP contribution in [-0.4, -0.2) is 24.7 Å². The predicted octanol–water partition coefficient (Wildman–Crippen LogP) is 2.39. The zero-order chi connectivity index (χ0) is 13.8. The molecule has 1 aliphatic heterocycles. The highest BCUT2D eigenvalue weighted by atomic mass is 16.5. The molecule has 0 fully saturated rings. The molecule has 5 heteroatoms. The molecule has 2 aromatic rings. The van der Waals surface area contributed by atoms with Gasteiger partial charge in [-0.1, -0.05) is 0 Å². The smallest absolute Gasteiger partial charge is 0.194 e. The number of aryl methyl sites for hydroxylation is 1. The number of nitrogens with zero attached hydrogens (tertiary/aromatic N) is 1. The summed E-state index contributed by atoms with van der Waals surface area (Å²) in [5, 5.41) is 0. The van der Waals surface area contributed by atoms with E-state index < -0.39 is 0 Å². The van der Waals surface area contributed by atoms with Crippen molar-refractivity contribution in [3.8, 4) is 22.8 Å². The lowest BCUT2D eigenvalue weighted by atomic mass is 10.1. The molecule has 106 valence electrons. The number of hydrogen-bond donors (Lipinski definition) is 1. The third-order valence-corrected chi connectivity index (χ3v) is 3.18. The van der Waals surface area contributed by atoms with E-state index in [0.717, 1.165) is 48.0 Å². The summed E-state index contributed by atoms with van der Waals surface area (Å²) in [5.74, 6) is 3.01. The van der Waals surface area contributed by atoms with Gasteiger partial charge >= 0.3 is 0 Å². The van der Waals surface area contributed by atoms with Crippen LogP contribution in [0.2, 0.25) is 0 Å². The maximum absolute atomic E-state index is 5.73. The van der Waals surface area contributed by atoms with Gasteiger partial charge in [0.2, 0.25) is 0 Å². The molecule has 0 unspecified atom stereocenters. The number of hydrogen-bond acceptors (Lipinski definition) is 5. The van der Waals surface area contributed by atoms with Gasteiger partial charge in [-0.05, 0) is 31.2 Å². The highest BCUT2D eigenvalue weighted by Gasteiger charge is 2.13. The monoisotopic (exact) mass is 274 g/mol. The lowest BCUT2D eigenvalue weighted by Gasteiger charge is -2.07. The summed E-state index contributed by atoms with van der Waals surface area (Å²) in [7, 11) is 0. The van der Waals surface area contributed by atoms with Crippen molar-refractivity contribution in [1.82, 2.24) is 4.98 Å². The van der Waals surface area contributed by atoms with Crippen LogP contribution in [0.25, 0.3) is 11.3 Å². The van der Waals surface area contributed by atoms with E-state index in [2.05, 4.69) is 4.98 Å². The van der Waals surface area contributed by atoms with Crippen molar-refractivity contribution in [2.45, 2.75) is 19.3 Å². The molecule has 1 aromatic carbocycles. The molecule has 0 spiro atoms. The molecule has 0 atom stereocenters. The van der Waals surface area contributed by atoms with Gasteiger partial charge in [0.1, 0.15) is 0 Å². The van der Waals surface area contributed by atoms with Crippen LogP contribution in [0.15, 0.2) is 28.8 Å². The van der Waals surface area contributed by atoms with E-state index in [1.165, 1.54) is 0 Å². The highest BCUT2D eigenvalue weighted by molar-refractivity contribution is 5.62. The Kier molecular flexibility index (Phi) is 3.87. The van der Waals surface area contributed by atoms with Crippen molar-refractivity contribution in [3.05, 3.63) is 30.3 Å². The van der Waals surface area contributed by atoms with Crippen molar-refractivity contribution in [2.75, 3.05) is 19.8 Å². The van der Waals surface area contributed by atoms with E-state index in [1.54, 1.807) is 6.20 Å². The standard InChI is InChI=1S/C15H18N2O3/c16-6-1-3-15-17-10-14(20-15)11-4-5-12-13(9-11)19-8-2-7-18-12/h4-5,9-10H,1-3,6-8,16H2. The minimum absolute atomic E-state index is 0.641. The number of fused-ring (bicyclic) bond motifs is 1. The number of rotatable bonds is 4. The summed E-state index contributed by atoms with van der Waals surface area (Å²) in [6.07, 6.45) is 4.28. The maximum atomic E-state index is 5.73. The first-order valence-electron chi connectivity index (χ1n) is 6.91. The lowest BCUT2D eigenvalue weighted by Crippen LogP contribution is -2.00. The van der Waals surface area contributed by atoms with Crippen LogP contribution in [0.5, 0.6) is 11.5 Å². The quantitative estimate of drug-likeness (QED) is 0.927. The molecule has 20 heavy (non-hydrogen) atoms. The van der Waals surface area contributed by atoms with Crippen LogP contribution in [-0.2, 0) is 6.42 Å². The molecular weight excluding hydrogens is 256 g/mol. The average molecular weight is 274 g/mol. The van der Waals surface area contributed by atoms with Crippen molar-refractivity contribution in [2.24, 2.45) is 5.73 Å². The number of oxazole rings is 1. The fourth-order valence-electron chi connectivity index (χ4n) is 2.13. The molecule has 5 nitrogen and oxygen atoms in total. The van der Waals surface area contributed by atoms with Gasteiger partial charge in [-0.2, -0.15) is 0 Å². The summed E-state index contributed by atoms with van der Waals surface area (Å²) < 4.78 is 17.0. The predicted molar refractivity (Wildman–Crippen MR) is 74.9 cm³/mol. The first-order valence-corrected chi connectivity index (χ1v) is 6.91. The van der Waals surface area contributed by atoms with E-state index >= 15 is 0 Å². The minimum Gasteiger partial charge on any atom is -0.490 e. The maximum Gasteiger partial charge on any atom is 0.194 e. The highest BCUT2D eigenvalue weighted by Crippen LogP contribution is 2.34. The first kappa shape index (κ1) is 13.0. The molecule has 0 radical (unpaired) electrons. The Balaban J connectivity index is 1.83. The van der Waals surface area contributed by atoms with Crippen molar-refractivity contribution in [1.29, 1.82) is 0 Å². The van der Waals surface area contributed by atoms with E-state index in [1.807, 2.05) is 18.2 Å².